The van der Waals surface area contributed by atoms with E-state index in [1.165, 1.54) is 17.3 Å². The Morgan fingerprint density at radius 1 is 1.14 bits per heavy atom. The standard InChI is InChI=1S/C23H25N5O/c1-15-11-16(2)13-17(12-15)19-14-21(28-7-9-29-10-8-28)27-22-18(19)4-6-26-23(22)20(25)3-5-24/h3-6,11-14,24H,7-10,25H2,1-2H3/b20-3-,24-5?. The monoisotopic (exact) mass is 387 g/mol. The number of hydrogen-bond donors (Lipinski definition) is 2. The number of pyridine rings is 2. The maximum atomic E-state index is 7.37. The van der Waals surface area contributed by atoms with E-state index in [9.17, 15) is 0 Å². The van der Waals surface area contributed by atoms with Gasteiger partial charge in [-0.1, -0.05) is 29.3 Å². The fourth-order valence-corrected chi connectivity index (χ4v) is 3.84. The summed E-state index contributed by atoms with van der Waals surface area (Å²) < 4.78 is 5.51. The molecule has 0 amide bonds. The summed E-state index contributed by atoms with van der Waals surface area (Å²) in [5.74, 6) is 0.895. The van der Waals surface area contributed by atoms with Crippen LogP contribution in [-0.2, 0) is 4.74 Å². The van der Waals surface area contributed by atoms with Gasteiger partial charge < -0.3 is 20.8 Å². The Morgan fingerprint density at radius 2 is 1.86 bits per heavy atom. The predicted molar refractivity (Wildman–Crippen MR) is 118 cm³/mol. The summed E-state index contributed by atoms with van der Waals surface area (Å²) in [7, 11) is 0. The third kappa shape index (κ3) is 3.84. The van der Waals surface area contributed by atoms with E-state index < -0.39 is 0 Å². The molecule has 3 aromatic rings. The van der Waals surface area contributed by atoms with Crippen LogP contribution in [0, 0.1) is 19.3 Å². The van der Waals surface area contributed by atoms with Crippen molar-refractivity contribution in [3.63, 3.8) is 0 Å². The number of rotatable bonds is 4. The van der Waals surface area contributed by atoms with E-state index in [0.29, 0.717) is 24.6 Å². The van der Waals surface area contributed by atoms with E-state index in [4.69, 9.17) is 20.9 Å². The van der Waals surface area contributed by atoms with Crippen LogP contribution >= 0.6 is 0 Å². The van der Waals surface area contributed by atoms with Gasteiger partial charge in [0.15, 0.2) is 0 Å². The first-order valence-corrected chi connectivity index (χ1v) is 9.74. The van der Waals surface area contributed by atoms with Crippen LogP contribution in [0.2, 0.25) is 0 Å². The van der Waals surface area contributed by atoms with Crippen molar-refractivity contribution in [2.75, 3.05) is 31.2 Å². The Bertz CT molecular complexity index is 1080. The molecule has 1 aromatic carbocycles. The fraction of sp³-hybridized carbons (Fsp3) is 0.261. The lowest BCUT2D eigenvalue weighted by molar-refractivity contribution is 0.122. The second-order valence-corrected chi connectivity index (χ2v) is 7.35. The van der Waals surface area contributed by atoms with E-state index in [-0.39, 0.29) is 0 Å². The molecule has 29 heavy (non-hydrogen) atoms. The van der Waals surface area contributed by atoms with Gasteiger partial charge in [0.05, 0.1) is 18.9 Å². The first-order valence-electron chi connectivity index (χ1n) is 9.74. The van der Waals surface area contributed by atoms with Crippen LogP contribution in [0.5, 0.6) is 0 Å². The largest absolute Gasteiger partial charge is 0.397 e. The predicted octanol–water partition coefficient (Wildman–Crippen LogP) is 3.70. The summed E-state index contributed by atoms with van der Waals surface area (Å²) >= 11 is 0. The second kappa shape index (κ2) is 8.01. The molecular weight excluding hydrogens is 362 g/mol. The molecule has 6 heteroatoms. The van der Waals surface area contributed by atoms with Gasteiger partial charge in [0.1, 0.15) is 17.0 Å². The van der Waals surface area contributed by atoms with Crippen molar-refractivity contribution in [1.82, 2.24) is 9.97 Å². The number of anilines is 1. The van der Waals surface area contributed by atoms with E-state index >= 15 is 0 Å². The van der Waals surface area contributed by atoms with Crippen LogP contribution in [0.15, 0.2) is 42.6 Å². The third-order valence-electron chi connectivity index (χ3n) is 5.12. The quantitative estimate of drug-likeness (QED) is 0.667. The highest BCUT2D eigenvalue weighted by atomic mass is 16.5. The SMILES string of the molecule is Cc1cc(C)cc(-c2cc(N3CCOCC3)nc3c(/C(N)=C/C=N)nccc23)c1. The van der Waals surface area contributed by atoms with Crippen molar-refractivity contribution < 1.29 is 4.74 Å². The smallest absolute Gasteiger partial charge is 0.130 e. The molecule has 0 radical (unpaired) electrons. The molecule has 0 saturated carbocycles. The normalized spacial score (nSPS) is 15.0. The van der Waals surface area contributed by atoms with Crippen molar-refractivity contribution >= 4 is 28.6 Å². The van der Waals surface area contributed by atoms with Gasteiger partial charge in [-0.25, -0.2) is 4.98 Å². The van der Waals surface area contributed by atoms with Crippen LogP contribution in [0.3, 0.4) is 0 Å². The number of allylic oxidation sites excluding steroid dienone is 1. The zero-order valence-electron chi connectivity index (χ0n) is 16.8. The second-order valence-electron chi connectivity index (χ2n) is 7.35. The van der Waals surface area contributed by atoms with E-state index in [0.717, 1.165) is 40.9 Å². The average molecular weight is 387 g/mol. The van der Waals surface area contributed by atoms with Crippen LogP contribution < -0.4 is 10.6 Å². The van der Waals surface area contributed by atoms with E-state index in [2.05, 4.69) is 48.0 Å². The first kappa shape index (κ1) is 19.1. The molecule has 0 spiro atoms. The summed E-state index contributed by atoms with van der Waals surface area (Å²) in [6.45, 7) is 7.20. The van der Waals surface area contributed by atoms with Crippen molar-refractivity contribution in [2.24, 2.45) is 5.73 Å². The number of nitrogens with two attached hydrogens (primary N) is 1. The summed E-state index contributed by atoms with van der Waals surface area (Å²) in [5, 5.41) is 8.36. The Labute approximate surface area is 170 Å². The summed E-state index contributed by atoms with van der Waals surface area (Å²) in [6.07, 6.45) is 4.47. The Hall–Kier alpha value is -3.25. The minimum Gasteiger partial charge on any atom is -0.397 e. The molecule has 1 saturated heterocycles. The fourth-order valence-electron chi connectivity index (χ4n) is 3.84. The van der Waals surface area contributed by atoms with Crippen molar-refractivity contribution in [1.29, 1.82) is 5.41 Å². The van der Waals surface area contributed by atoms with Crippen LogP contribution in [-0.4, -0.2) is 42.5 Å². The highest BCUT2D eigenvalue weighted by Gasteiger charge is 2.18. The molecule has 2 aromatic heterocycles. The Kier molecular flexibility index (Phi) is 5.27. The molecule has 1 aliphatic heterocycles. The van der Waals surface area contributed by atoms with Crippen LogP contribution in [0.1, 0.15) is 16.8 Å². The lowest BCUT2D eigenvalue weighted by atomic mass is 9.97. The highest BCUT2D eigenvalue weighted by Crippen LogP contribution is 2.34. The van der Waals surface area contributed by atoms with Crippen LogP contribution in [0.4, 0.5) is 5.82 Å². The molecule has 0 atom stereocenters. The number of aryl methyl sites for hydroxylation is 2. The van der Waals surface area contributed by atoms with Crippen molar-refractivity contribution in [3.8, 4) is 11.1 Å². The summed E-state index contributed by atoms with van der Waals surface area (Å²) in [6, 6.07) is 10.7. The molecule has 0 bridgehead atoms. The molecule has 4 rings (SSSR count). The Morgan fingerprint density at radius 3 is 2.55 bits per heavy atom. The molecule has 0 unspecified atom stereocenters. The lowest BCUT2D eigenvalue weighted by Crippen LogP contribution is -2.36. The van der Waals surface area contributed by atoms with Gasteiger partial charge >= 0.3 is 0 Å². The van der Waals surface area contributed by atoms with Gasteiger partial charge in [0, 0.05) is 30.9 Å². The maximum absolute atomic E-state index is 7.37. The van der Waals surface area contributed by atoms with Gasteiger partial charge in [-0.2, -0.15) is 0 Å². The molecule has 3 N–H and O–H groups in total. The minimum absolute atomic E-state index is 0.434. The number of ether oxygens (including phenoxy) is 1. The number of hydrogen-bond acceptors (Lipinski definition) is 6. The molecule has 1 fully saturated rings. The summed E-state index contributed by atoms with van der Waals surface area (Å²) in [5.41, 5.74) is 12.7. The van der Waals surface area contributed by atoms with Gasteiger partial charge in [-0.15, -0.1) is 0 Å². The number of nitrogens with one attached hydrogen (secondary N) is 1. The van der Waals surface area contributed by atoms with E-state index in [1.54, 1.807) is 12.3 Å². The molecule has 3 heterocycles. The zero-order valence-corrected chi connectivity index (χ0v) is 16.8. The average Bonchev–Trinajstić information content (AvgIpc) is 2.72. The van der Waals surface area contributed by atoms with Gasteiger partial charge in [-0.3, -0.25) is 4.98 Å². The third-order valence-corrected chi connectivity index (χ3v) is 5.12. The number of benzene rings is 1. The lowest BCUT2D eigenvalue weighted by Gasteiger charge is -2.28. The van der Waals surface area contributed by atoms with Gasteiger partial charge in [0.25, 0.3) is 0 Å². The number of fused-ring (bicyclic) bond motifs is 1. The number of nitrogens with zero attached hydrogens (tertiary/aromatic N) is 3. The van der Waals surface area contributed by atoms with E-state index in [1.807, 2.05) is 6.07 Å². The van der Waals surface area contributed by atoms with Crippen molar-refractivity contribution in [3.05, 3.63) is 59.4 Å². The minimum atomic E-state index is 0.434. The van der Waals surface area contributed by atoms with Crippen molar-refractivity contribution in [2.45, 2.75) is 13.8 Å². The maximum Gasteiger partial charge on any atom is 0.130 e. The topological polar surface area (TPSA) is 88.1 Å². The first-order chi connectivity index (χ1) is 14.1. The highest BCUT2D eigenvalue weighted by molar-refractivity contribution is 6.01. The number of aromatic nitrogens is 2. The zero-order chi connectivity index (χ0) is 20.4. The molecular formula is C23H25N5O. The molecule has 148 valence electrons. The summed E-state index contributed by atoms with van der Waals surface area (Å²) in [4.78, 5) is 11.7. The van der Waals surface area contributed by atoms with Gasteiger partial charge in [0.2, 0.25) is 0 Å². The Balaban J connectivity index is 2.01. The van der Waals surface area contributed by atoms with Crippen LogP contribution in [0.25, 0.3) is 27.7 Å². The van der Waals surface area contributed by atoms with Gasteiger partial charge in [-0.05, 0) is 43.2 Å². The molecule has 1 aliphatic rings. The molecule has 0 aliphatic carbocycles. The molecule has 6 nitrogen and oxygen atoms in total. The number of morpholine rings is 1.